The van der Waals surface area contributed by atoms with E-state index in [4.69, 9.17) is 0 Å². The van der Waals surface area contributed by atoms with E-state index in [9.17, 15) is 9.00 Å². The third-order valence-corrected chi connectivity index (χ3v) is 5.36. The Kier molecular flexibility index (Phi) is 5.50. The standard InChI is InChI=1S/C14H24N4O2S/c1-4-12-15-14(17-16-12)21(20)9-13(19)18(3)11-8-6-5-7-10(11)2/h10-11H,4-9H2,1-3H3,(H,15,16,17)/t10-,11-,21-/m1/s1. The summed E-state index contributed by atoms with van der Waals surface area (Å²) in [5.41, 5.74) is 0. The molecule has 118 valence electrons. The maximum Gasteiger partial charge on any atom is 0.239 e. The van der Waals surface area contributed by atoms with Gasteiger partial charge in [0.15, 0.2) is 0 Å². The molecule has 3 atom stereocenters. The van der Waals surface area contributed by atoms with Crippen LogP contribution < -0.4 is 0 Å². The summed E-state index contributed by atoms with van der Waals surface area (Å²) in [6.45, 7) is 4.13. The number of aryl methyl sites for hydroxylation is 1. The monoisotopic (exact) mass is 312 g/mol. The molecule has 1 aliphatic carbocycles. The third kappa shape index (κ3) is 3.90. The first-order chi connectivity index (χ1) is 10.0. The van der Waals surface area contributed by atoms with Crippen LogP contribution >= 0.6 is 0 Å². The molecule has 1 aliphatic rings. The highest BCUT2D eigenvalue weighted by Gasteiger charge is 2.29. The second kappa shape index (κ2) is 7.15. The van der Waals surface area contributed by atoms with Crippen molar-refractivity contribution in [2.75, 3.05) is 12.8 Å². The van der Waals surface area contributed by atoms with Gasteiger partial charge in [-0.3, -0.25) is 14.1 Å². The first kappa shape index (κ1) is 16.1. The van der Waals surface area contributed by atoms with Gasteiger partial charge in [-0.2, -0.15) is 0 Å². The number of aromatic amines is 1. The van der Waals surface area contributed by atoms with E-state index in [-0.39, 0.29) is 22.9 Å². The average molecular weight is 312 g/mol. The summed E-state index contributed by atoms with van der Waals surface area (Å²) in [5, 5.41) is 6.88. The van der Waals surface area contributed by atoms with Gasteiger partial charge in [-0.05, 0) is 18.8 Å². The zero-order valence-electron chi connectivity index (χ0n) is 13.0. The van der Waals surface area contributed by atoms with Crippen molar-refractivity contribution in [1.29, 1.82) is 0 Å². The van der Waals surface area contributed by atoms with Crippen molar-refractivity contribution in [2.45, 2.75) is 57.1 Å². The second-order valence-electron chi connectivity index (χ2n) is 5.74. The summed E-state index contributed by atoms with van der Waals surface area (Å²) in [7, 11) is 0.346. The van der Waals surface area contributed by atoms with Crippen LogP contribution in [0.15, 0.2) is 5.16 Å². The van der Waals surface area contributed by atoms with Gasteiger partial charge >= 0.3 is 0 Å². The first-order valence-corrected chi connectivity index (χ1v) is 8.90. The van der Waals surface area contributed by atoms with Crippen molar-refractivity contribution in [1.82, 2.24) is 20.1 Å². The summed E-state index contributed by atoms with van der Waals surface area (Å²) in [5.74, 6) is 1.08. The lowest BCUT2D eigenvalue weighted by molar-refractivity contribution is -0.130. The molecule has 0 radical (unpaired) electrons. The number of nitrogens with one attached hydrogen (secondary N) is 1. The molecule has 1 fully saturated rings. The van der Waals surface area contributed by atoms with Gasteiger partial charge in [0.1, 0.15) is 22.4 Å². The number of carbonyl (C=O) groups excluding carboxylic acids is 1. The fourth-order valence-corrected chi connectivity index (χ4v) is 3.79. The molecule has 1 N–H and O–H groups in total. The van der Waals surface area contributed by atoms with Crippen molar-refractivity contribution in [3.63, 3.8) is 0 Å². The average Bonchev–Trinajstić information content (AvgIpc) is 2.96. The summed E-state index contributed by atoms with van der Waals surface area (Å²) in [4.78, 5) is 18.2. The molecule has 0 aromatic carbocycles. The van der Waals surface area contributed by atoms with Gasteiger partial charge < -0.3 is 4.90 Å². The van der Waals surface area contributed by atoms with Gasteiger partial charge in [0.05, 0.1) is 0 Å². The van der Waals surface area contributed by atoms with Crippen LogP contribution in [0.5, 0.6) is 0 Å². The summed E-state index contributed by atoms with van der Waals surface area (Å²) < 4.78 is 12.2. The highest BCUT2D eigenvalue weighted by atomic mass is 32.2. The Balaban J connectivity index is 1.95. The van der Waals surface area contributed by atoms with Crippen molar-refractivity contribution in [3.05, 3.63) is 5.82 Å². The Bertz CT molecular complexity index is 517. The number of H-pyrrole nitrogens is 1. The quantitative estimate of drug-likeness (QED) is 0.894. The first-order valence-electron chi connectivity index (χ1n) is 7.58. The molecule has 0 aliphatic heterocycles. The molecular weight excluding hydrogens is 288 g/mol. The maximum absolute atomic E-state index is 12.3. The third-order valence-electron chi connectivity index (χ3n) is 4.26. The molecule has 2 rings (SSSR count). The maximum atomic E-state index is 12.3. The lowest BCUT2D eigenvalue weighted by Gasteiger charge is -2.36. The van der Waals surface area contributed by atoms with E-state index in [1.807, 2.05) is 14.0 Å². The minimum atomic E-state index is -1.48. The Hall–Kier alpha value is -1.24. The highest BCUT2D eigenvalue weighted by molar-refractivity contribution is 7.85. The highest BCUT2D eigenvalue weighted by Crippen LogP contribution is 2.27. The summed E-state index contributed by atoms with van der Waals surface area (Å²) >= 11 is 0. The van der Waals surface area contributed by atoms with Crippen LogP contribution in [0.2, 0.25) is 0 Å². The van der Waals surface area contributed by atoms with Crippen molar-refractivity contribution in [3.8, 4) is 0 Å². The molecule has 6 nitrogen and oxygen atoms in total. The molecule has 1 aromatic heterocycles. The Labute approximate surface area is 128 Å². The van der Waals surface area contributed by atoms with E-state index >= 15 is 0 Å². The Morgan fingerprint density at radius 1 is 1.43 bits per heavy atom. The molecular formula is C14H24N4O2S. The topological polar surface area (TPSA) is 79.0 Å². The minimum Gasteiger partial charge on any atom is -0.342 e. The van der Waals surface area contributed by atoms with Gasteiger partial charge in [-0.15, -0.1) is 5.10 Å². The number of nitrogens with zero attached hydrogens (tertiary/aromatic N) is 3. The van der Waals surface area contributed by atoms with E-state index in [0.717, 1.165) is 19.3 Å². The number of hydrogen-bond donors (Lipinski definition) is 1. The van der Waals surface area contributed by atoms with Gasteiger partial charge in [-0.1, -0.05) is 26.7 Å². The summed E-state index contributed by atoms with van der Waals surface area (Å²) in [6, 6.07) is 0.265. The predicted molar refractivity (Wildman–Crippen MR) is 81.2 cm³/mol. The zero-order valence-corrected chi connectivity index (χ0v) is 13.8. The Morgan fingerprint density at radius 3 is 2.76 bits per heavy atom. The normalized spacial score (nSPS) is 23.8. The molecule has 1 aromatic rings. The van der Waals surface area contributed by atoms with E-state index in [2.05, 4.69) is 22.1 Å². The molecule has 1 heterocycles. The van der Waals surface area contributed by atoms with Crippen molar-refractivity contribution in [2.24, 2.45) is 5.92 Å². The molecule has 0 bridgehead atoms. The fourth-order valence-electron chi connectivity index (χ4n) is 2.87. The smallest absolute Gasteiger partial charge is 0.239 e. The van der Waals surface area contributed by atoms with Crippen LogP contribution in [0.3, 0.4) is 0 Å². The number of rotatable bonds is 5. The van der Waals surface area contributed by atoms with E-state index in [1.54, 1.807) is 4.90 Å². The van der Waals surface area contributed by atoms with E-state index in [1.165, 1.54) is 6.42 Å². The Morgan fingerprint density at radius 2 is 2.14 bits per heavy atom. The van der Waals surface area contributed by atoms with Crippen LogP contribution in [0.4, 0.5) is 0 Å². The SMILES string of the molecule is CCc1nc([S@](=O)CC(=O)N(C)[C@@H]2CCCC[C@H]2C)n[nH]1. The van der Waals surface area contributed by atoms with Gasteiger partial charge in [0, 0.05) is 19.5 Å². The fraction of sp³-hybridized carbons (Fsp3) is 0.786. The molecule has 1 amide bonds. The zero-order chi connectivity index (χ0) is 15.4. The van der Waals surface area contributed by atoms with Crippen molar-refractivity contribution < 1.29 is 9.00 Å². The molecule has 7 heteroatoms. The second-order valence-corrected chi connectivity index (χ2v) is 7.09. The van der Waals surface area contributed by atoms with Crippen molar-refractivity contribution >= 4 is 16.7 Å². The van der Waals surface area contributed by atoms with Gasteiger partial charge in [0.25, 0.3) is 0 Å². The lowest BCUT2D eigenvalue weighted by atomic mass is 9.85. The lowest BCUT2D eigenvalue weighted by Crippen LogP contribution is -2.44. The number of amides is 1. The van der Waals surface area contributed by atoms with Gasteiger partial charge in [0.2, 0.25) is 11.1 Å². The summed E-state index contributed by atoms with van der Waals surface area (Å²) in [6.07, 6.45) is 5.31. The number of carbonyl (C=O) groups is 1. The van der Waals surface area contributed by atoms with Crippen LogP contribution in [0.25, 0.3) is 0 Å². The predicted octanol–water partition coefficient (Wildman–Crippen LogP) is 1.51. The van der Waals surface area contributed by atoms with Crippen LogP contribution in [0, 0.1) is 5.92 Å². The molecule has 0 unspecified atom stereocenters. The van der Waals surface area contributed by atoms with E-state index in [0.29, 0.717) is 18.2 Å². The van der Waals surface area contributed by atoms with E-state index < -0.39 is 10.8 Å². The molecule has 0 spiro atoms. The largest absolute Gasteiger partial charge is 0.342 e. The van der Waals surface area contributed by atoms with Crippen LogP contribution in [0.1, 0.15) is 45.4 Å². The number of aromatic nitrogens is 3. The minimum absolute atomic E-state index is 0.0409. The molecule has 0 saturated heterocycles. The van der Waals surface area contributed by atoms with Crippen LogP contribution in [-0.2, 0) is 22.0 Å². The molecule has 1 saturated carbocycles. The van der Waals surface area contributed by atoms with Gasteiger partial charge in [-0.25, -0.2) is 4.98 Å². The van der Waals surface area contributed by atoms with Crippen LogP contribution in [-0.4, -0.2) is 49.0 Å². The number of hydrogen-bond acceptors (Lipinski definition) is 4. The molecule has 21 heavy (non-hydrogen) atoms.